The molecule has 0 radical (unpaired) electrons. The Bertz CT molecular complexity index is 1220. The highest BCUT2D eigenvalue weighted by molar-refractivity contribution is 6.00. The second-order valence-corrected chi connectivity index (χ2v) is 10.00. The molecule has 1 aliphatic carbocycles. The second kappa shape index (κ2) is 8.50. The minimum absolute atomic E-state index is 0.0738. The van der Waals surface area contributed by atoms with Gasteiger partial charge in [0.15, 0.2) is 5.78 Å². The number of benzene rings is 2. The van der Waals surface area contributed by atoms with E-state index in [1.165, 1.54) is 11.1 Å². The standard InChI is InChI=1S/C27H32N4O2/c1-17-6-8-19(9-7-17)12-13-30(5)26(33)20-10-11-22(21(28)14-20)31-23-15-27(3,4)16-24(32)25(23)18(2)29-31/h6-11,14H,12-13,15-16,28H2,1-5H3. The SMILES string of the molecule is Cc1ccc(CCN(C)C(=O)c2ccc(-n3nc(C)c4c3CC(C)(C)CC4=O)c(N)c2)cc1. The lowest BCUT2D eigenvalue weighted by molar-refractivity contribution is 0.0796. The molecule has 0 unspecified atom stereocenters. The van der Waals surface area contributed by atoms with Crippen molar-refractivity contribution in [2.24, 2.45) is 5.41 Å². The number of amides is 1. The molecule has 4 rings (SSSR count). The number of rotatable bonds is 5. The number of nitrogen functional groups attached to an aromatic ring is 1. The number of hydrogen-bond donors (Lipinski definition) is 1. The number of likely N-dealkylation sites (N-methyl/N-ethyl adjacent to an activating group) is 1. The molecule has 1 amide bonds. The summed E-state index contributed by atoms with van der Waals surface area (Å²) >= 11 is 0. The molecule has 0 bridgehead atoms. The number of carbonyl (C=O) groups is 2. The number of aromatic nitrogens is 2. The van der Waals surface area contributed by atoms with E-state index in [-0.39, 0.29) is 17.1 Å². The van der Waals surface area contributed by atoms with Gasteiger partial charge in [0.25, 0.3) is 5.91 Å². The first-order chi connectivity index (χ1) is 15.6. The largest absolute Gasteiger partial charge is 0.397 e. The Morgan fingerprint density at radius 1 is 1.12 bits per heavy atom. The maximum absolute atomic E-state index is 13.0. The van der Waals surface area contributed by atoms with E-state index in [9.17, 15) is 9.59 Å². The van der Waals surface area contributed by atoms with Crippen LogP contribution in [0.5, 0.6) is 0 Å². The van der Waals surface area contributed by atoms with E-state index in [0.29, 0.717) is 35.5 Å². The van der Waals surface area contributed by atoms with Crippen molar-refractivity contribution in [3.63, 3.8) is 0 Å². The van der Waals surface area contributed by atoms with Crippen LogP contribution in [0, 0.1) is 19.3 Å². The van der Waals surface area contributed by atoms with Crippen molar-refractivity contribution in [2.45, 2.75) is 47.0 Å². The molecule has 6 heteroatoms. The number of carbonyl (C=O) groups excluding carboxylic acids is 2. The molecule has 3 aromatic rings. The van der Waals surface area contributed by atoms with Gasteiger partial charge >= 0.3 is 0 Å². The van der Waals surface area contributed by atoms with E-state index >= 15 is 0 Å². The zero-order valence-electron chi connectivity index (χ0n) is 20.1. The summed E-state index contributed by atoms with van der Waals surface area (Å²) in [5, 5.41) is 4.64. The van der Waals surface area contributed by atoms with Gasteiger partial charge in [0.05, 0.1) is 28.3 Å². The van der Waals surface area contributed by atoms with Gasteiger partial charge in [0.2, 0.25) is 0 Å². The Kier molecular flexibility index (Phi) is 5.87. The minimum atomic E-state index is -0.126. The van der Waals surface area contributed by atoms with Gasteiger partial charge in [-0.05, 0) is 55.9 Å². The summed E-state index contributed by atoms with van der Waals surface area (Å²) in [6.07, 6.45) is 2.06. The average Bonchev–Trinajstić information content (AvgIpc) is 3.07. The summed E-state index contributed by atoms with van der Waals surface area (Å²) in [7, 11) is 1.81. The topological polar surface area (TPSA) is 81.2 Å². The number of aryl methyl sites for hydroxylation is 2. The van der Waals surface area contributed by atoms with Crippen LogP contribution < -0.4 is 5.73 Å². The van der Waals surface area contributed by atoms with Crippen molar-refractivity contribution < 1.29 is 9.59 Å². The van der Waals surface area contributed by atoms with E-state index in [4.69, 9.17) is 5.73 Å². The van der Waals surface area contributed by atoms with Gasteiger partial charge < -0.3 is 10.6 Å². The molecule has 1 heterocycles. The van der Waals surface area contributed by atoms with Gasteiger partial charge in [-0.1, -0.05) is 43.7 Å². The van der Waals surface area contributed by atoms with Gasteiger partial charge in [0.1, 0.15) is 0 Å². The number of fused-ring (bicyclic) bond motifs is 1. The Labute approximate surface area is 195 Å². The van der Waals surface area contributed by atoms with Gasteiger partial charge in [-0.25, -0.2) is 4.68 Å². The fourth-order valence-electron chi connectivity index (χ4n) is 4.59. The van der Waals surface area contributed by atoms with Crippen LogP contribution in [0.2, 0.25) is 0 Å². The van der Waals surface area contributed by atoms with E-state index in [0.717, 1.165) is 24.2 Å². The van der Waals surface area contributed by atoms with Gasteiger partial charge in [-0.15, -0.1) is 0 Å². The second-order valence-electron chi connectivity index (χ2n) is 10.00. The lowest BCUT2D eigenvalue weighted by atomic mass is 9.75. The van der Waals surface area contributed by atoms with E-state index in [1.54, 1.807) is 21.7 Å². The Morgan fingerprint density at radius 2 is 1.82 bits per heavy atom. The molecular formula is C27H32N4O2. The molecule has 0 saturated heterocycles. The average molecular weight is 445 g/mol. The fraction of sp³-hybridized carbons (Fsp3) is 0.370. The molecule has 0 atom stereocenters. The molecule has 2 aromatic carbocycles. The predicted molar refractivity (Wildman–Crippen MR) is 131 cm³/mol. The van der Waals surface area contributed by atoms with Crippen LogP contribution >= 0.6 is 0 Å². The fourth-order valence-corrected chi connectivity index (χ4v) is 4.59. The van der Waals surface area contributed by atoms with E-state index in [1.807, 2.05) is 20.0 Å². The third-order valence-corrected chi connectivity index (χ3v) is 6.43. The number of anilines is 1. The van der Waals surface area contributed by atoms with Crippen LogP contribution in [-0.4, -0.2) is 40.0 Å². The molecule has 0 saturated carbocycles. The summed E-state index contributed by atoms with van der Waals surface area (Å²) in [4.78, 5) is 27.4. The Hall–Kier alpha value is -3.41. The summed E-state index contributed by atoms with van der Waals surface area (Å²) in [5.41, 5.74) is 12.7. The molecule has 1 aromatic heterocycles. The molecule has 172 valence electrons. The quantitative estimate of drug-likeness (QED) is 0.586. The Balaban J connectivity index is 1.55. The van der Waals surface area contributed by atoms with Crippen molar-refractivity contribution in [1.82, 2.24) is 14.7 Å². The maximum Gasteiger partial charge on any atom is 0.253 e. The number of nitrogens with two attached hydrogens (primary N) is 1. The zero-order valence-corrected chi connectivity index (χ0v) is 20.1. The molecule has 6 nitrogen and oxygen atoms in total. The monoisotopic (exact) mass is 444 g/mol. The van der Waals surface area contributed by atoms with Crippen LogP contribution in [0.3, 0.4) is 0 Å². The highest BCUT2D eigenvalue weighted by Crippen LogP contribution is 2.37. The Morgan fingerprint density at radius 3 is 2.48 bits per heavy atom. The third kappa shape index (κ3) is 4.56. The minimum Gasteiger partial charge on any atom is -0.397 e. The van der Waals surface area contributed by atoms with Gasteiger partial charge in [-0.2, -0.15) is 5.10 Å². The van der Waals surface area contributed by atoms with Gasteiger partial charge in [-0.3, -0.25) is 9.59 Å². The van der Waals surface area contributed by atoms with Crippen LogP contribution in [0.4, 0.5) is 5.69 Å². The number of Topliss-reactive ketones (excluding diaryl/α,β-unsaturated/α-hetero) is 1. The van der Waals surface area contributed by atoms with Crippen LogP contribution in [-0.2, 0) is 12.8 Å². The van der Waals surface area contributed by atoms with Crippen molar-refractivity contribution >= 4 is 17.4 Å². The first kappa shape index (κ1) is 22.8. The molecule has 33 heavy (non-hydrogen) atoms. The number of nitrogens with zero attached hydrogens (tertiary/aromatic N) is 3. The first-order valence-corrected chi connectivity index (χ1v) is 11.4. The normalized spacial score (nSPS) is 14.8. The summed E-state index contributed by atoms with van der Waals surface area (Å²) in [6.45, 7) is 8.73. The van der Waals surface area contributed by atoms with Crippen LogP contribution in [0.15, 0.2) is 42.5 Å². The van der Waals surface area contributed by atoms with Crippen molar-refractivity contribution in [3.05, 3.63) is 76.1 Å². The lowest BCUT2D eigenvalue weighted by Crippen LogP contribution is -2.29. The zero-order chi connectivity index (χ0) is 23.9. The smallest absolute Gasteiger partial charge is 0.253 e. The predicted octanol–water partition coefficient (Wildman–Crippen LogP) is 4.54. The molecule has 0 spiro atoms. The molecule has 2 N–H and O–H groups in total. The maximum atomic E-state index is 13.0. The summed E-state index contributed by atoms with van der Waals surface area (Å²) in [6, 6.07) is 13.7. The van der Waals surface area contributed by atoms with E-state index < -0.39 is 0 Å². The molecule has 0 aliphatic heterocycles. The van der Waals surface area contributed by atoms with Crippen molar-refractivity contribution in [2.75, 3.05) is 19.3 Å². The van der Waals surface area contributed by atoms with Crippen LogP contribution in [0.1, 0.15) is 63.5 Å². The highest BCUT2D eigenvalue weighted by Gasteiger charge is 2.36. The van der Waals surface area contributed by atoms with Gasteiger partial charge in [0, 0.05) is 25.6 Å². The summed E-state index contributed by atoms with van der Waals surface area (Å²) in [5.74, 6) is 0.0564. The van der Waals surface area contributed by atoms with Crippen molar-refractivity contribution in [3.8, 4) is 5.69 Å². The van der Waals surface area contributed by atoms with Crippen molar-refractivity contribution in [1.29, 1.82) is 0 Å². The number of hydrogen-bond acceptors (Lipinski definition) is 4. The molecular weight excluding hydrogens is 412 g/mol. The van der Waals surface area contributed by atoms with Crippen LogP contribution in [0.25, 0.3) is 5.69 Å². The molecule has 1 aliphatic rings. The summed E-state index contributed by atoms with van der Waals surface area (Å²) < 4.78 is 1.79. The van der Waals surface area contributed by atoms with E-state index in [2.05, 4.69) is 50.1 Å². The molecule has 0 fully saturated rings. The number of ketones is 1. The third-order valence-electron chi connectivity index (χ3n) is 6.43. The first-order valence-electron chi connectivity index (χ1n) is 11.4. The lowest BCUT2D eigenvalue weighted by Gasteiger charge is -2.29. The highest BCUT2D eigenvalue weighted by atomic mass is 16.2.